The summed E-state index contributed by atoms with van der Waals surface area (Å²) in [7, 11) is 3.88. The fourth-order valence-corrected chi connectivity index (χ4v) is 3.98. The van der Waals surface area contributed by atoms with E-state index in [1.165, 1.54) is 11.1 Å². The maximum absolute atomic E-state index is 6.19. The van der Waals surface area contributed by atoms with Gasteiger partial charge < -0.3 is 24.7 Å². The molecule has 0 atom stereocenters. The summed E-state index contributed by atoms with van der Waals surface area (Å²) in [6, 6.07) is 27.7. The van der Waals surface area contributed by atoms with Gasteiger partial charge in [-0.2, -0.15) is 0 Å². The Kier molecular flexibility index (Phi) is 12.8. The van der Waals surface area contributed by atoms with Crippen molar-refractivity contribution in [1.29, 1.82) is 0 Å². The van der Waals surface area contributed by atoms with E-state index in [0.29, 0.717) is 19.8 Å². The summed E-state index contributed by atoms with van der Waals surface area (Å²) in [5.74, 6) is 0. The Morgan fingerprint density at radius 2 is 1.17 bits per heavy atom. The van der Waals surface area contributed by atoms with Gasteiger partial charge in [0.15, 0.2) is 0 Å². The second-order valence-electron chi connectivity index (χ2n) is 9.14. The standard InChI is InChI=1S/C29H40B2N2O3/c1-30(35-21-19-32-2)18-17-25-9-11-26(12-10-25)23-34-24-27-13-15-29(16-14-27)31(36-22-20-33-3)28-7-5-4-6-8-28/h4-16,32-33H,17-24H2,1-3H3. The average molecular weight is 486 g/mol. The van der Waals surface area contributed by atoms with Gasteiger partial charge in [-0.15, -0.1) is 0 Å². The third-order valence-corrected chi connectivity index (χ3v) is 6.18. The smallest absolute Gasteiger partial charge is 0.361 e. The first kappa shape index (κ1) is 28.2. The zero-order valence-electron chi connectivity index (χ0n) is 22.0. The molecule has 0 fully saturated rings. The Morgan fingerprint density at radius 3 is 1.78 bits per heavy atom. The van der Waals surface area contributed by atoms with Gasteiger partial charge in [-0.05, 0) is 54.5 Å². The highest BCUT2D eigenvalue weighted by molar-refractivity contribution is 6.80. The largest absolute Gasteiger partial charge is 0.435 e. The van der Waals surface area contributed by atoms with E-state index >= 15 is 0 Å². The van der Waals surface area contributed by atoms with Crippen LogP contribution in [0.1, 0.15) is 16.7 Å². The molecule has 36 heavy (non-hydrogen) atoms. The Morgan fingerprint density at radius 1 is 0.639 bits per heavy atom. The molecule has 0 saturated carbocycles. The molecule has 0 spiro atoms. The van der Waals surface area contributed by atoms with E-state index in [1.54, 1.807) is 0 Å². The maximum Gasteiger partial charge on any atom is 0.361 e. The highest BCUT2D eigenvalue weighted by Crippen LogP contribution is 2.11. The first-order chi connectivity index (χ1) is 17.7. The second-order valence-corrected chi connectivity index (χ2v) is 9.14. The Labute approximate surface area is 218 Å². The van der Waals surface area contributed by atoms with Gasteiger partial charge in [0, 0.05) is 26.3 Å². The molecule has 0 unspecified atom stereocenters. The second kappa shape index (κ2) is 16.4. The van der Waals surface area contributed by atoms with Gasteiger partial charge in [0.05, 0.1) is 13.2 Å². The van der Waals surface area contributed by atoms with Gasteiger partial charge in [-0.1, -0.05) is 85.7 Å². The van der Waals surface area contributed by atoms with Crippen LogP contribution in [-0.2, 0) is 33.7 Å². The fraction of sp³-hybridized carbons (Fsp3) is 0.379. The molecule has 3 aromatic rings. The van der Waals surface area contributed by atoms with Crippen molar-refractivity contribution in [2.75, 3.05) is 40.4 Å². The topological polar surface area (TPSA) is 51.8 Å². The molecule has 5 nitrogen and oxygen atoms in total. The zero-order valence-corrected chi connectivity index (χ0v) is 22.0. The zero-order chi connectivity index (χ0) is 25.4. The van der Waals surface area contributed by atoms with Gasteiger partial charge in [-0.3, -0.25) is 0 Å². The summed E-state index contributed by atoms with van der Waals surface area (Å²) in [6.45, 7) is 6.65. The van der Waals surface area contributed by atoms with Crippen LogP contribution in [0.25, 0.3) is 0 Å². The van der Waals surface area contributed by atoms with Crippen molar-refractivity contribution >= 4 is 24.8 Å². The molecular weight excluding hydrogens is 446 g/mol. The molecule has 0 aromatic heterocycles. The minimum Gasteiger partial charge on any atom is -0.435 e. The van der Waals surface area contributed by atoms with E-state index in [4.69, 9.17) is 14.0 Å². The molecule has 0 heterocycles. The highest BCUT2D eigenvalue weighted by atomic mass is 16.5. The van der Waals surface area contributed by atoms with Crippen LogP contribution < -0.4 is 21.6 Å². The summed E-state index contributed by atoms with van der Waals surface area (Å²) >= 11 is 0. The highest BCUT2D eigenvalue weighted by Gasteiger charge is 2.20. The van der Waals surface area contributed by atoms with Gasteiger partial charge in [0.2, 0.25) is 0 Å². The van der Waals surface area contributed by atoms with Gasteiger partial charge in [0.25, 0.3) is 6.92 Å². The van der Waals surface area contributed by atoms with Crippen LogP contribution in [0.15, 0.2) is 78.9 Å². The summed E-state index contributed by atoms with van der Waals surface area (Å²) in [6.07, 6.45) is 2.05. The molecule has 0 amide bonds. The minimum absolute atomic E-state index is 0.0732. The van der Waals surface area contributed by atoms with Crippen molar-refractivity contribution in [3.63, 3.8) is 0 Å². The summed E-state index contributed by atoms with van der Waals surface area (Å²) in [4.78, 5) is 0. The molecule has 0 aliphatic heterocycles. The number of aryl methyl sites for hydroxylation is 1. The molecular formula is C29H40B2N2O3. The summed E-state index contributed by atoms with van der Waals surface area (Å²) in [5, 5.41) is 6.25. The molecule has 0 bridgehead atoms. The molecule has 190 valence electrons. The lowest BCUT2D eigenvalue weighted by molar-refractivity contribution is 0.107. The number of hydrogen-bond donors (Lipinski definition) is 2. The van der Waals surface area contributed by atoms with Crippen LogP contribution in [0.3, 0.4) is 0 Å². The summed E-state index contributed by atoms with van der Waals surface area (Å²) in [5.41, 5.74) is 6.00. The third kappa shape index (κ3) is 9.92. The number of rotatable bonds is 17. The number of ether oxygens (including phenoxy) is 1. The Bertz CT molecular complexity index is 972. The molecule has 3 rings (SSSR count). The lowest BCUT2D eigenvalue weighted by atomic mass is 9.55. The van der Waals surface area contributed by atoms with E-state index in [0.717, 1.165) is 48.9 Å². The molecule has 3 aromatic carbocycles. The number of nitrogens with one attached hydrogen (secondary N) is 2. The van der Waals surface area contributed by atoms with E-state index in [2.05, 4.69) is 90.3 Å². The van der Waals surface area contributed by atoms with Crippen molar-refractivity contribution in [2.45, 2.75) is 32.8 Å². The average Bonchev–Trinajstić information content (AvgIpc) is 2.92. The molecule has 7 heteroatoms. The van der Waals surface area contributed by atoms with E-state index < -0.39 is 0 Å². The molecule has 0 aliphatic rings. The fourth-order valence-electron chi connectivity index (χ4n) is 3.98. The molecule has 2 N–H and O–H groups in total. The Hall–Kier alpha value is -2.41. The van der Waals surface area contributed by atoms with E-state index in [-0.39, 0.29) is 13.8 Å². The first-order valence-electron chi connectivity index (χ1n) is 13.0. The monoisotopic (exact) mass is 486 g/mol. The number of hydrogen-bond acceptors (Lipinski definition) is 5. The lowest BCUT2D eigenvalue weighted by Crippen LogP contribution is -2.45. The van der Waals surface area contributed by atoms with E-state index in [9.17, 15) is 0 Å². The van der Waals surface area contributed by atoms with E-state index in [1.807, 2.05) is 20.2 Å². The van der Waals surface area contributed by atoms with Crippen LogP contribution in [0.2, 0.25) is 13.1 Å². The van der Waals surface area contributed by atoms with Crippen molar-refractivity contribution in [2.24, 2.45) is 0 Å². The van der Waals surface area contributed by atoms with Crippen LogP contribution >= 0.6 is 0 Å². The predicted octanol–water partition coefficient (Wildman–Crippen LogP) is 3.14. The predicted molar refractivity (Wildman–Crippen MR) is 153 cm³/mol. The van der Waals surface area contributed by atoms with Gasteiger partial charge >= 0.3 is 6.92 Å². The first-order valence-corrected chi connectivity index (χ1v) is 13.0. The SMILES string of the molecule is CNCCOB(C)CCc1ccc(COCc2ccc(B(OCCNC)c3ccccc3)cc2)cc1. The van der Waals surface area contributed by atoms with Crippen molar-refractivity contribution in [1.82, 2.24) is 10.6 Å². The summed E-state index contributed by atoms with van der Waals surface area (Å²) < 4.78 is 18.0. The van der Waals surface area contributed by atoms with Gasteiger partial charge in [-0.25, -0.2) is 0 Å². The van der Waals surface area contributed by atoms with Crippen LogP contribution in [0, 0.1) is 0 Å². The lowest BCUT2D eigenvalue weighted by Gasteiger charge is -2.16. The molecule has 0 aliphatic carbocycles. The van der Waals surface area contributed by atoms with Crippen molar-refractivity contribution in [3.05, 3.63) is 95.6 Å². The molecule has 0 radical (unpaired) electrons. The quantitative estimate of drug-likeness (QED) is 0.227. The van der Waals surface area contributed by atoms with Gasteiger partial charge in [0.1, 0.15) is 0 Å². The number of likely N-dealkylation sites (N-methyl/N-ethyl adjacent to an activating group) is 2. The molecule has 0 saturated heterocycles. The van der Waals surface area contributed by atoms with Crippen LogP contribution in [0.4, 0.5) is 0 Å². The van der Waals surface area contributed by atoms with Crippen LogP contribution in [0.5, 0.6) is 0 Å². The van der Waals surface area contributed by atoms with Crippen molar-refractivity contribution < 1.29 is 14.0 Å². The Balaban J connectivity index is 1.45. The normalized spacial score (nSPS) is 11.0. The van der Waals surface area contributed by atoms with Crippen LogP contribution in [-0.4, -0.2) is 54.2 Å². The number of benzene rings is 3. The third-order valence-electron chi connectivity index (χ3n) is 6.18. The minimum atomic E-state index is -0.0732. The van der Waals surface area contributed by atoms with Crippen molar-refractivity contribution in [3.8, 4) is 0 Å². The maximum atomic E-state index is 6.19.